The third-order valence-electron chi connectivity index (χ3n) is 16.7. The van der Waals surface area contributed by atoms with Crippen molar-refractivity contribution in [2.45, 2.75) is 38.1 Å². The standard InChI is InChI=1S/4C18H15P.C11H10N2O2.C10H10BrNO2.2CN.Pd.Zn/c4*1-4-10-16(11-5-1)19(17-12-6-2-7-13-17)18-14-8-3-9-15-18;1-7-10(15-11(14)13-7)8-4-3-5-9(6-8)12-2;1-6-9(14-10(13)12-6)7-3-2-4-8(11)5-7;2*1-2;;/h4*1-15H;3-7,10H,1H3,(H,13,14);2-6,9H,1H3,(H,12,13);;;;/q;;;;;;2*-1;;+2/t;;;;7-,10+;6-,9+;;;;/m....00..../s1. The van der Waals surface area contributed by atoms with Crippen molar-refractivity contribution in [3.05, 3.63) is 453 Å². The number of carbonyl (C=O) groups is 2. The van der Waals surface area contributed by atoms with Gasteiger partial charge in [0.1, 0.15) is 12.2 Å². The van der Waals surface area contributed by atoms with E-state index in [1.165, 1.54) is 63.7 Å². The largest absolute Gasteiger partial charge is 2.00 e. The Morgan fingerprint density at radius 3 is 0.640 bits per heavy atom. The predicted molar refractivity (Wildman–Crippen MR) is 461 cm³/mol. The minimum atomic E-state index is -0.446. The number of benzene rings is 14. The Bertz CT molecular complexity index is 4180. The number of cyclic esters (lactones) is 2. The molecule has 0 spiro atoms. The van der Waals surface area contributed by atoms with Crippen LogP contribution in [0.25, 0.3) is 4.85 Å². The van der Waals surface area contributed by atoms with Crippen LogP contribution in [0, 0.1) is 30.2 Å². The summed E-state index contributed by atoms with van der Waals surface area (Å²) in [6, 6.07) is 144. The van der Waals surface area contributed by atoms with Crippen LogP contribution >= 0.6 is 47.6 Å². The van der Waals surface area contributed by atoms with Gasteiger partial charge in [-0.1, -0.05) is 410 Å². The van der Waals surface area contributed by atoms with Crippen molar-refractivity contribution >= 4 is 129 Å². The second kappa shape index (κ2) is 49.0. The molecule has 2 aliphatic rings. The van der Waals surface area contributed by atoms with E-state index in [9.17, 15) is 9.59 Å². The maximum absolute atomic E-state index is 11.0. The summed E-state index contributed by atoms with van der Waals surface area (Å²) in [6.45, 7) is 20.2. The fourth-order valence-electron chi connectivity index (χ4n) is 11.9. The van der Waals surface area contributed by atoms with E-state index in [0.29, 0.717) is 5.69 Å². The van der Waals surface area contributed by atoms with Crippen molar-refractivity contribution in [1.29, 1.82) is 10.5 Å². The molecule has 111 heavy (non-hydrogen) atoms. The summed E-state index contributed by atoms with van der Waals surface area (Å²) in [6.07, 6.45) is -1.22. The minimum absolute atomic E-state index is 0. The summed E-state index contributed by atoms with van der Waals surface area (Å²) in [7, 11) is -1.78. The van der Waals surface area contributed by atoms with E-state index in [2.05, 4.69) is 395 Å². The van der Waals surface area contributed by atoms with E-state index >= 15 is 0 Å². The number of alkyl carbamates (subject to hydrolysis) is 2. The molecule has 2 fully saturated rings. The molecule has 2 saturated heterocycles. The van der Waals surface area contributed by atoms with Crippen LogP contribution in [0.15, 0.2) is 417 Å². The van der Waals surface area contributed by atoms with E-state index in [1.54, 1.807) is 18.2 Å². The fraction of sp³-hybridized carbons (Fsp3) is 0.0632. The summed E-state index contributed by atoms with van der Waals surface area (Å²) >= 11 is 3.38. The molecule has 0 bridgehead atoms. The van der Waals surface area contributed by atoms with Gasteiger partial charge in [-0.25, -0.2) is 14.4 Å². The normalized spacial score (nSPS) is 13.8. The first-order chi connectivity index (χ1) is 53.7. The third kappa shape index (κ3) is 26.9. The van der Waals surface area contributed by atoms with Crippen LogP contribution in [0.1, 0.15) is 37.2 Å². The predicted octanol–water partition coefficient (Wildman–Crippen LogP) is 19.0. The number of carbonyl (C=O) groups excluding carboxylic acids is 2. The average molecular weight is 1730 g/mol. The zero-order valence-electron chi connectivity index (χ0n) is 61.2. The Hall–Kier alpha value is -10.4. The van der Waals surface area contributed by atoms with Gasteiger partial charge in [-0.15, -0.1) is 0 Å². The van der Waals surface area contributed by atoms with Gasteiger partial charge in [0.15, 0.2) is 5.69 Å². The molecule has 4 atom stereocenters. The first kappa shape index (κ1) is 87.8. The molecule has 2 aliphatic heterocycles. The smallest absolute Gasteiger partial charge is 0.512 e. The molecule has 2 heterocycles. The average Bonchev–Trinajstić information content (AvgIpc) is 1.72. The number of ether oxygens (including phenoxy) is 2. The number of hydrogen-bond acceptors (Lipinski definition) is 6. The van der Waals surface area contributed by atoms with Crippen LogP contribution in [-0.4, -0.2) is 24.3 Å². The molecule has 16 rings (SSSR count). The van der Waals surface area contributed by atoms with Gasteiger partial charge < -0.3 is 43.8 Å². The molecule has 14 aromatic carbocycles. The molecule has 548 valence electrons. The SMILES string of the molecule is C[C@@H]1NC(=O)O[C@H]1c1cccc(Br)c1.[C-]#N.[C-]#N.[C-]#[N+]c1cccc([C@@H]2OC(=O)N[C@H]2C)c1.[Pd].[Zn+2].c1ccc(P(c2ccccc2)c2ccccc2)cc1.c1ccc(P(c2ccccc2)c2ccccc2)cc1.c1ccc(P(c2ccccc2)c2ccccc2)cc1.c1ccc(P(c2ccccc2)c2ccccc2)cc1. The first-order valence-corrected chi connectivity index (χ1v) is 41.3. The van der Waals surface area contributed by atoms with Crippen LogP contribution in [0.4, 0.5) is 15.3 Å². The molecule has 16 heteroatoms. The molecule has 0 unspecified atom stereocenters. The van der Waals surface area contributed by atoms with Crippen molar-refractivity contribution < 1.29 is 59.0 Å². The van der Waals surface area contributed by atoms with E-state index in [1.807, 2.05) is 44.2 Å². The number of hydrogen-bond donors (Lipinski definition) is 2. The Labute approximate surface area is 694 Å². The molecular formula is C95H80BrN5O4P4PdZn. The molecule has 0 aromatic heterocycles. The van der Waals surface area contributed by atoms with E-state index in [0.717, 1.165) is 15.6 Å². The molecule has 0 radical (unpaired) electrons. The van der Waals surface area contributed by atoms with Gasteiger partial charge in [0.05, 0.1) is 18.7 Å². The van der Waals surface area contributed by atoms with E-state index in [-0.39, 0.29) is 70.3 Å². The summed E-state index contributed by atoms with van der Waals surface area (Å²) in [5.41, 5.74) is 2.42. The van der Waals surface area contributed by atoms with Gasteiger partial charge in [0, 0.05) is 24.9 Å². The second-order valence-electron chi connectivity index (χ2n) is 24.1. The minimum Gasteiger partial charge on any atom is -0.512 e. The molecule has 0 aliphatic carbocycles. The van der Waals surface area contributed by atoms with E-state index in [4.69, 9.17) is 39.7 Å². The maximum atomic E-state index is 11.0. The summed E-state index contributed by atoms with van der Waals surface area (Å²) in [5.74, 6) is 0. The quantitative estimate of drug-likeness (QED) is 0.0634. The van der Waals surface area contributed by atoms with Gasteiger partial charge >= 0.3 is 31.7 Å². The maximum Gasteiger partial charge on any atom is 2.00 e. The first-order valence-electron chi connectivity index (χ1n) is 35.1. The monoisotopic (exact) mass is 1730 g/mol. The number of rotatable bonds is 14. The second-order valence-corrected chi connectivity index (χ2v) is 33.9. The Balaban J connectivity index is 0.000000183. The topological polar surface area (TPSA) is 129 Å². The molecule has 0 saturated carbocycles. The van der Waals surface area contributed by atoms with Crippen LogP contribution in [-0.2, 0) is 49.4 Å². The summed E-state index contributed by atoms with van der Waals surface area (Å²) < 4.78 is 11.2. The molecule has 14 aromatic rings. The van der Waals surface area contributed by atoms with Crippen molar-refractivity contribution in [3.63, 3.8) is 0 Å². The van der Waals surface area contributed by atoms with Gasteiger partial charge in [0.2, 0.25) is 0 Å². The van der Waals surface area contributed by atoms with Crippen LogP contribution < -0.4 is 74.3 Å². The van der Waals surface area contributed by atoms with E-state index < -0.39 is 37.8 Å². The Morgan fingerprint density at radius 1 is 0.297 bits per heavy atom. The zero-order valence-corrected chi connectivity index (χ0v) is 70.9. The summed E-state index contributed by atoms with van der Waals surface area (Å²) in [5, 5.41) is 34.6. The van der Waals surface area contributed by atoms with Crippen molar-refractivity contribution in [1.82, 2.24) is 10.6 Å². The van der Waals surface area contributed by atoms with Gasteiger partial charge in [-0.05, 0) is 139 Å². The number of nitrogens with zero attached hydrogens (tertiary/aromatic N) is 3. The Morgan fingerprint density at radius 2 is 0.477 bits per heavy atom. The van der Waals surface area contributed by atoms with Crippen molar-refractivity contribution in [2.75, 3.05) is 0 Å². The fourth-order valence-corrected chi connectivity index (χ4v) is 21.5. The molecule has 2 amide bonds. The molecular weight excluding hydrogens is 1650 g/mol. The molecule has 2 N–H and O–H groups in total. The van der Waals surface area contributed by atoms with Gasteiger partial charge in [-0.2, -0.15) is 0 Å². The molecule has 9 nitrogen and oxygen atoms in total. The number of nitrogens with one attached hydrogen (secondary N) is 2. The van der Waals surface area contributed by atoms with Gasteiger partial charge in [0.25, 0.3) is 0 Å². The van der Waals surface area contributed by atoms with Crippen LogP contribution in [0.3, 0.4) is 0 Å². The Kier molecular flexibility index (Phi) is 38.7. The van der Waals surface area contributed by atoms with Crippen LogP contribution in [0.5, 0.6) is 0 Å². The van der Waals surface area contributed by atoms with Crippen molar-refractivity contribution in [2.24, 2.45) is 0 Å². The zero-order chi connectivity index (χ0) is 76.6. The van der Waals surface area contributed by atoms with Crippen molar-refractivity contribution in [3.8, 4) is 0 Å². The number of halogens is 1. The third-order valence-corrected chi connectivity index (χ3v) is 27.0. The summed E-state index contributed by atoms with van der Waals surface area (Å²) in [4.78, 5) is 25.3. The number of amides is 2. The van der Waals surface area contributed by atoms with Gasteiger partial charge in [-0.3, -0.25) is 0 Å². The van der Waals surface area contributed by atoms with Crippen LogP contribution in [0.2, 0.25) is 0 Å².